The van der Waals surface area contributed by atoms with Gasteiger partial charge in [-0.2, -0.15) is 0 Å². The number of aryl methyl sites for hydroxylation is 1. The molecule has 2 aromatic heterocycles. The molecule has 5 N–H and O–H groups in total. The third kappa shape index (κ3) is 4.95. The Labute approximate surface area is 187 Å². The second kappa shape index (κ2) is 9.44. The number of rotatable bonds is 7. The number of pyridine rings is 1. The van der Waals surface area contributed by atoms with Crippen molar-refractivity contribution in [1.29, 1.82) is 0 Å². The minimum absolute atomic E-state index is 0.414. The van der Waals surface area contributed by atoms with Gasteiger partial charge in [-0.05, 0) is 38.6 Å². The second-order valence-corrected chi connectivity index (χ2v) is 9.06. The number of imidazole rings is 1. The molecule has 166 valence electrons. The molecular weight excluding hydrogens is 410 g/mol. The minimum Gasteiger partial charge on any atom is -0.398 e. The number of nitrogens with two attached hydrogens (primary N) is 2. The lowest BCUT2D eigenvalue weighted by Crippen LogP contribution is -2.43. The molecule has 4 rings (SSSR count). The number of aromatic amines is 1. The van der Waals surface area contributed by atoms with E-state index in [1.807, 2.05) is 13.8 Å². The molecule has 3 heterocycles. The molecule has 0 atom stereocenters. The Morgan fingerprint density at radius 1 is 1.16 bits per heavy atom. The van der Waals surface area contributed by atoms with E-state index in [0.29, 0.717) is 24.5 Å². The number of hydrogen-bond acceptors (Lipinski definition) is 8. The number of nitrogens with one attached hydrogen (secondary N) is 1. The van der Waals surface area contributed by atoms with E-state index < -0.39 is 0 Å². The molecule has 0 radical (unpaired) electrons. The van der Waals surface area contributed by atoms with Crippen molar-refractivity contribution in [1.82, 2.24) is 24.8 Å². The van der Waals surface area contributed by atoms with Crippen LogP contribution in [0.2, 0.25) is 0 Å². The predicted octanol–water partition coefficient (Wildman–Crippen LogP) is 2.87. The van der Waals surface area contributed by atoms with E-state index in [0.717, 1.165) is 65.2 Å². The zero-order chi connectivity index (χ0) is 22.0. The highest BCUT2D eigenvalue weighted by molar-refractivity contribution is 7.99. The maximum absolute atomic E-state index is 6.45. The van der Waals surface area contributed by atoms with Crippen LogP contribution in [-0.2, 0) is 17.9 Å². The lowest BCUT2D eigenvalue weighted by Gasteiger charge is -2.32. The van der Waals surface area contributed by atoms with Gasteiger partial charge in [0.25, 0.3) is 0 Å². The van der Waals surface area contributed by atoms with Gasteiger partial charge in [0.05, 0.1) is 16.1 Å². The van der Waals surface area contributed by atoms with Crippen molar-refractivity contribution in [2.45, 2.75) is 36.8 Å². The number of likely N-dealkylation sites (N-methyl/N-ethyl adjacent to an activating group) is 1. The van der Waals surface area contributed by atoms with Crippen LogP contribution in [0, 0.1) is 6.92 Å². The molecule has 1 fully saturated rings. The molecule has 1 aromatic carbocycles. The van der Waals surface area contributed by atoms with Crippen molar-refractivity contribution in [3.05, 3.63) is 35.3 Å². The topological polar surface area (TPSA) is 109 Å². The molecule has 1 saturated heterocycles. The van der Waals surface area contributed by atoms with Crippen molar-refractivity contribution >= 4 is 34.3 Å². The van der Waals surface area contributed by atoms with Crippen LogP contribution in [0.15, 0.2) is 28.0 Å². The highest BCUT2D eigenvalue weighted by Gasteiger charge is 2.18. The van der Waals surface area contributed by atoms with Crippen molar-refractivity contribution in [2.24, 2.45) is 0 Å². The number of ether oxygens (including phenoxy) is 1. The van der Waals surface area contributed by atoms with Crippen molar-refractivity contribution in [3.8, 4) is 0 Å². The van der Waals surface area contributed by atoms with Gasteiger partial charge in [-0.3, -0.25) is 4.90 Å². The highest BCUT2D eigenvalue weighted by atomic mass is 32.2. The fraction of sp³-hybridized carbons (Fsp3) is 0.455. The van der Waals surface area contributed by atoms with E-state index in [1.54, 1.807) is 11.8 Å². The summed E-state index contributed by atoms with van der Waals surface area (Å²) in [6.45, 7) is 10.3. The van der Waals surface area contributed by atoms with Crippen LogP contribution >= 0.6 is 11.8 Å². The molecular formula is C22H31N7OS. The number of aromatic nitrogens is 3. The summed E-state index contributed by atoms with van der Waals surface area (Å²) >= 11 is 1.60. The summed E-state index contributed by atoms with van der Waals surface area (Å²) in [5.41, 5.74) is 17.0. The SMILES string of the molecule is CCOCc1nc2c(N)nc(C)c(Sc3ccc(CN4CCN(C)CC4)cc3N)c2[nH]1. The summed E-state index contributed by atoms with van der Waals surface area (Å²) in [4.78, 5) is 19.3. The molecule has 8 nitrogen and oxygen atoms in total. The van der Waals surface area contributed by atoms with Crippen LogP contribution in [0.3, 0.4) is 0 Å². The van der Waals surface area contributed by atoms with E-state index in [4.69, 9.17) is 16.2 Å². The molecule has 0 bridgehead atoms. The fourth-order valence-corrected chi connectivity index (χ4v) is 4.77. The zero-order valence-corrected chi connectivity index (χ0v) is 19.3. The zero-order valence-electron chi connectivity index (χ0n) is 18.4. The van der Waals surface area contributed by atoms with E-state index in [9.17, 15) is 0 Å². The maximum atomic E-state index is 6.45. The number of benzene rings is 1. The van der Waals surface area contributed by atoms with E-state index >= 15 is 0 Å². The molecule has 0 aliphatic carbocycles. The average molecular weight is 442 g/mol. The molecule has 31 heavy (non-hydrogen) atoms. The quantitative estimate of drug-likeness (QED) is 0.480. The Morgan fingerprint density at radius 2 is 1.94 bits per heavy atom. The average Bonchev–Trinajstić information content (AvgIpc) is 3.17. The van der Waals surface area contributed by atoms with Crippen molar-refractivity contribution in [3.63, 3.8) is 0 Å². The van der Waals surface area contributed by atoms with E-state index in [1.165, 1.54) is 5.56 Å². The van der Waals surface area contributed by atoms with Gasteiger partial charge in [0.1, 0.15) is 17.9 Å². The number of fused-ring (bicyclic) bond motifs is 1. The molecule has 1 aliphatic rings. The van der Waals surface area contributed by atoms with Crippen LogP contribution in [0.1, 0.15) is 24.0 Å². The van der Waals surface area contributed by atoms with Gasteiger partial charge in [0.15, 0.2) is 5.82 Å². The van der Waals surface area contributed by atoms with Gasteiger partial charge in [0, 0.05) is 49.9 Å². The lowest BCUT2D eigenvalue weighted by atomic mass is 10.2. The molecule has 0 amide bonds. The second-order valence-electron chi connectivity index (χ2n) is 8.01. The van der Waals surface area contributed by atoms with E-state index in [2.05, 4.69) is 50.0 Å². The van der Waals surface area contributed by atoms with Crippen molar-refractivity contribution < 1.29 is 4.74 Å². The third-order valence-corrected chi connectivity index (χ3v) is 6.87. The Bertz CT molecular complexity index is 1060. The van der Waals surface area contributed by atoms with Crippen LogP contribution in [0.25, 0.3) is 11.0 Å². The molecule has 0 unspecified atom stereocenters. The Morgan fingerprint density at radius 3 is 2.65 bits per heavy atom. The Kier molecular flexibility index (Phi) is 6.66. The standard InChI is InChI=1S/C22H31N7OS/c1-4-30-13-18-26-19-20(27-18)22(24)25-14(2)21(19)31-17-6-5-15(11-16(17)23)12-29-9-7-28(3)8-10-29/h5-6,11H,4,7-10,12-13,23H2,1-3H3,(H2,24,25)(H,26,27). The van der Waals surface area contributed by atoms with Crippen LogP contribution in [-0.4, -0.2) is 64.6 Å². The Balaban J connectivity index is 1.56. The van der Waals surface area contributed by atoms with E-state index in [-0.39, 0.29) is 0 Å². The number of nitrogen functional groups attached to an aromatic ring is 2. The normalized spacial score (nSPS) is 15.7. The van der Waals surface area contributed by atoms with Gasteiger partial charge in [-0.15, -0.1) is 0 Å². The lowest BCUT2D eigenvalue weighted by molar-refractivity contribution is 0.129. The van der Waals surface area contributed by atoms with Gasteiger partial charge in [0.2, 0.25) is 0 Å². The summed E-state index contributed by atoms with van der Waals surface area (Å²) in [6.07, 6.45) is 0. The molecule has 3 aromatic rings. The highest BCUT2D eigenvalue weighted by Crippen LogP contribution is 2.39. The van der Waals surface area contributed by atoms with Gasteiger partial charge in [-0.1, -0.05) is 17.8 Å². The summed E-state index contributed by atoms with van der Waals surface area (Å²) in [5, 5.41) is 0. The third-order valence-electron chi connectivity index (χ3n) is 5.57. The first-order valence-electron chi connectivity index (χ1n) is 10.6. The fourth-order valence-electron chi connectivity index (χ4n) is 3.79. The molecule has 9 heteroatoms. The van der Waals surface area contributed by atoms with Gasteiger partial charge < -0.3 is 26.1 Å². The van der Waals surface area contributed by atoms with Crippen LogP contribution in [0.5, 0.6) is 0 Å². The summed E-state index contributed by atoms with van der Waals surface area (Å²) in [5.74, 6) is 1.17. The first-order valence-corrected chi connectivity index (χ1v) is 11.5. The monoisotopic (exact) mass is 441 g/mol. The summed E-state index contributed by atoms with van der Waals surface area (Å²) < 4.78 is 5.49. The molecule has 0 spiro atoms. The van der Waals surface area contributed by atoms with Gasteiger partial charge in [-0.25, -0.2) is 9.97 Å². The number of hydrogen-bond donors (Lipinski definition) is 3. The number of nitrogens with zero attached hydrogens (tertiary/aromatic N) is 4. The first-order chi connectivity index (χ1) is 14.9. The molecule has 1 aliphatic heterocycles. The molecule has 0 saturated carbocycles. The van der Waals surface area contributed by atoms with Gasteiger partial charge >= 0.3 is 0 Å². The predicted molar refractivity (Wildman–Crippen MR) is 126 cm³/mol. The number of H-pyrrole nitrogens is 1. The summed E-state index contributed by atoms with van der Waals surface area (Å²) in [6, 6.07) is 6.36. The van der Waals surface area contributed by atoms with Crippen LogP contribution < -0.4 is 11.5 Å². The Hall–Kier alpha value is -2.33. The maximum Gasteiger partial charge on any atom is 0.151 e. The number of anilines is 2. The number of piperazine rings is 1. The smallest absolute Gasteiger partial charge is 0.151 e. The minimum atomic E-state index is 0.414. The summed E-state index contributed by atoms with van der Waals surface area (Å²) in [7, 11) is 2.17. The largest absolute Gasteiger partial charge is 0.398 e. The van der Waals surface area contributed by atoms with Crippen LogP contribution in [0.4, 0.5) is 11.5 Å². The van der Waals surface area contributed by atoms with Crippen molar-refractivity contribution in [2.75, 3.05) is 51.3 Å². The first kappa shape index (κ1) is 21.9.